The van der Waals surface area contributed by atoms with E-state index in [-0.39, 0.29) is 10.7 Å². The Morgan fingerprint density at radius 3 is 2.60 bits per heavy atom. The van der Waals surface area contributed by atoms with E-state index in [0.29, 0.717) is 17.1 Å². The first-order chi connectivity index (χ1) is 9.35. The Kier molecular flexibility index (Phi) is 4.05. The molecule has 0 aliphatic heterocycles. The Bertz CT molecular complexity index is 720. The van der Waals surface area contributed by atoms with Gasteiger partial charge in [0, 0.05) is 4.47 Å². The average molecular weight is 361 g/mol. The second kappa shape index (κ2) is 5.45. The molecule has 0 spiro atoms. The first-order valence-electron chi connectivity index (χ1n) is 5.64. The second-order valence-corrected chi connectivity index (χ2v) is 6.64. The molecule has 6 nitrogen and oxygen atoms in total. The van der Waals surface area contributed by atoms with E-state index in [4.69, 9.17) is 9.26 Å². The number of sulfonamides is 1. The third kappa shape index (κ3) is 2.80. The monoisotopic (exact) mass is 360 g/mol. The summed E-state index contributed by atoms with van der Waals surface area (Å²) in [4.78, 5) is 0.0412. The molecular weight excluding hydrogens is 348 g/mol. The Labute approximate surface area is 125 Å². The van der Waals surface area contributed by atoms with Crippen molar-refractivity contribution in [1.82, 2.24) is 5.16 Å². The maximum atomic E-state index is 12.4. The number of hydrogen-bond acceptors (Lipinski definition) is 5. The first-order valence-corrected chi connectivity index (χ1v) is 7.92. The van der Waals surface area contributed by atoms with Crippen LogP contribution in [-0.4, -0.2) is 20.7 Å². The van der Waals surface area contributed by atoms with Gasteiger partial charge in [0.1, 0.15) is 11.4 Å². The summed E-state index contributed by atoms with van der Waals surface area (Å²) in [6.45, 7) is 3.12. The van der Waals surface area contributed by atoms with E-state index in [2.05, 4.69) is 25.8 Å². The molecule has 0 saturated heterocycles. The fourth-order valence-electron chi connectivity index (χ4n) is 1.81. The van der Waals surface area contributed by atoms with Gasteiger partial charge in [0.15, 0.2) is 10.7 Å². The minimum Gasteiger partial charge on any atom is -0.495 e. The fraction of sp³-hybridized carbons (Fsp3) is 0.250. The number of anilines is 1. The number of benzene rings is 1. The van der Waals surface area contributed by atoms with Crippen LogP contribution in [-0.2, 0) is 10.0 Å². The molecule has 8 heteroatoms. The molecule has 0 bridgehead atoms. The summed E-state index contributed by atoms with van der Waals surface area (Å²) in [6.07, 6.45) is 0. The lowest BCUT2D eigenvalue weighted by atomic mass is 10.3. The van der Waals surface area contributed by atoms with Crippen LogP contribution >= 0.6 is 15.9 Å². The van der Waals surface area contributed by atoms with E-state index in [1.807, 2.05) is 0 Å². The summed E-state index contributed by atoms with van der Waals surface area (Å²) in [7, 11) is -2.32. The minimum absolute atomic E-state index is 0.0412. The third-order valence-electron chi connectivity index (χ3n) is 2.64. The third-order valence-corrected chi connectivity index (χ3v) is 4.74. The van der Waals surface area contributed by atoms with Crippen molar-refractivity contribution in [3.8, 4) is 5.75 Å². The Morgan fingerprint density at radius 1 is 1.35 bits per heavy atom. The number of hydrogen-bond donors (Lipinski definition) is 1. The summed E-state index contributed by atoms with van der Waals surface area (Å²) in [5.74, 6) is 0.660. The maximum absolute atomic E-state index is 12.4. The number of nitrogens with one attached hydrogen (secondary N) is 1. The predicted molar refractivity (Wildman–Crippen MR) is 77.5 cm³/mol. The lowest BCUT2D eigenvalue weighted by Gasteiger charge is -2.11. The molecular formula is C12H13BrN2O4S. The number of ether oxygens (including phenoxy) is 1. The molecule has 0 amide bonds. The van der Waals surface area contributed by atoms with E-state index in [0.717, 1.165) is 4.47 Å². The quantitative estimate of drug-likeness (QED) is 0.906. The predicted octanol–water partition coefficient (Wildman–Crippen LogP) is 2.86. The van der Waals surface area contributed by atoms with Gasteiger partial charge < -0.3 is 9.26 Å². The summed E-state index contributed by atoms with van der Waals surface area (Å²) >= 11 is 3.29. The van der Waals surface area contributed by atoms with Crippen LogP contribution < -0.4 is 9.46 Å². The molecule has 20 heavy (non-hydrogen) atoms. The zero-order valence-electron chi connectivity index (χ0n) is 11.1. The summed E-state index contributed by atoms with van der Waals surface area (Å²) in [5, 5.41) is 3.65. The van der Waals surface area contributed by atoms with Crippen LogP contribution in [0.3, 0.4) is 0 Å². The van der Waals surface area contributed by atoms with Crippen molar-refractivity contribution in [1.29, 1.82) is 0 Å². The normalized spacial score (nSPS) is 11.4. The van der Waals surface area contributed by atoms with Crippen LogP contribution in [0.4, 0.5) is 5.69 Å². The molecule has 1 heterocycles. The van der Waals surface area contributed by atoms with Crippen molar-refractivity contribution in [2.24, 2.45) is 0 Å². The summed E-state index contributed by atoms with van der Waals surface area (Å²) in [5.41, 5.74) is 0.644. The zero-order chi connectivity index (χ0) is 14.9. The summed E-state index contributed by atoms with van der Waals surface area (Å²) < 4.78 is 38.0. The highest BCUT2D eigenvalue weighted by Crippen LogP contribution is 2.31. The molecule has 0 fully saturated rings. The summed E-state index contributed by atoms with van der Waals surface area (Å²) in [6, 6.07) is 5.04. The molecule has 0 aliphatic rings. The molecule has 1 aromatic carbocycles. The molecule has 108 valence electrons. The van der Waals surface area contributed by atoms with Crippen LogP contribution in [0.1, 0.15) is 11.5 Å². The van der Waals surface area contributed by atoms with Crippen LogP contribution in [0.15, 0.2) is 32.1 Å². The first kappa shape index (κ1) is 14.9. The lowest BCUT2D eigenvalue weighted by Crippen LogP contribution is -2.15. The van der Waals surface area contributed by atoms with Crippen molar-refractivity contribution in [3.63, 3.8) is 0 Å². The maximum Gasteiger partial charge on any atom is 0.267 e. The Balaban J connectivity index is 2.46. The van der Waals surface area contributed by atoms with E-state index in [9.17, 15) is 8.42 Å². The number of nitrogens with zero attached hydrogens (tertiary/aromatic N) is 1. The van der Waals surface area contributed by atoms with E-state index < -0.39 is 10.0 Å². The molecule has 0 saturated carbocycles. The number of methoxy groups -OCH3 is 1. The SMILES string of the molecule is COc1ccc(Br)cc1NS(=O)(=O)c1c(C)noc1C. The standard InChI is InChI=1S/C12H13BrN2O4S/c1-7-12(8(2)19-14-7)20(16,17)15-10-6-9(13)4-5-11(10)18-3/h4-6,15H,1-3H3. The molecule has 1 aromatic heterocycles. The van der Waals surface area contributed by atoms with Crippen LogP contribution in [0, 0.1) is 13.8 Å². The van der Waals surface area contributed by atoms with Gasteiger partial charge >= 0.3 is 0 Å². The van der Waals surface area contributed by atoms with E-state index in [1.165, 1.54) is 7.11 Å². The highest BCUT2D eigenvalue weighted by atomic mass is 79.9. The molecule has 2 aromatic rings. The van der Waals surface area contributed by atoms with Gasteiger partial charge in [-0.25, -0.2) is 8.42 Å². The van der Waals surface area contributed by atoms with Crippen LogP contribution in [0.2, 0.25) is 0 Å². The van der Waals surface area contributed by atoms with Gasteiger partial charge in [-0.1, -0.05) is 21.1 Å². The van der Waals surface area contributed by atoms with Crippen molar-refractivity contribution in [2.75, 3.05) is 11.8 Å². The second-order valence-electron chi connectivity index (χ2n) is 4.10. The largest absolute Gasteiger partial charge is 0.495 e. The van der Waals surface area contributed by atoms with Gasteiger partial charge in [-0.15, -0.1) is 0 Å². The number of halogens is 1. The lowest BCUT2D eigenvalue weighted by molar-refractivity contribution is 0.390. The van der Waals surface area contributed by atoms with Crippen LogP contribution in [0.25, 0.3) is 0 Å². The number of aromatic nitrogens is 1. The highest BCUT2D eigenvalue weighted by molar-refractivity contribution is 9.10. The van der Waals surface area contributed by atoms with Crippen molar-refractivity contribution < 1.29 is 17.7 Å². The van der Waals surface area contributed by atoms with Crippen molar-refractivity contribution >= 4 is 31.6 Å². The molecule has 0 radical (unpaired) electrons. The van der Waals surface area contributed by atoms with Gasteiger partial charge in [-0.3, -0.25) is 4.72 Å². The minimum atomic E-state index is -3.79. The fourth-order valence-corrected chi connectivity index (χ4v) is 3.57. The van der Waals surface area contributed by atoms with Crippen LogP contribution in [0.5, 0.6) is 5.75 Å². The molecule has 2 rings (SSSR count). The smallest absolute Gasteiger partial charge is 0.267 e. The van der Waals surface area contributed by atoms with Crippen molar-refractivity contribution in [3.05, 3.63) is 34.1 Å². The number of rotatable bonds is 4. The van der Waals surface area contributed by atoms with E-state index in [1.54, 1.807) is 32.0 Å². The molecule has 0 atom stereocenters. The van der Waals surface area contributed by atoms with Gasteiger partial charge in [0.05, 0.1) is 12.8 Å². The molecule has 0 aliphatic carbocycles. The zero-order valence-corrected chi connectivity index (χ0v) is 13.5. The van der Waals surface area contributed by atoms with E-state index >= 15 is 0 Å². The van der Waals surface area contributed by atoms with Gasteiger partial charge in [-0.05, 0) is 32.0 Å². The highest BCUT2D eigenvalue weighted by Gasteiger charge is 2.25. The topological polar surface area (TPSA) is 81.4 Å². The number of aryl methyl sites for hydroxylation is 2. The molecule has 1 N–H and O–H groups in total. The average Bonchev–Trinajstić information content (AvgIpc) is 2.69. The van der Waals surface area contributed by atoms with Gasteiger partial charge in [0.25, 0.3) is 10.0 Å². The van der Waals surface area contributed by atoms with Gasteiger partial charge in [-0.2, -0.15) is 0 Å². The van der Waals surface area contributed by atoms with Gasteiger partial charge in [0.2, 0.25) is 0 Å². The molecule has 0 unspecified atom stereocenters. The van der Waals surface area contributed by atoms with Crippen molar-refractivity contribution in [2.45, 2.75) is 18.7 Å². The Hall–Kier alpha value is -1.54. The Morgan fingerprint density at radius 2 is 2.05 bits per heavy atom.